The van der Waals surface area contributed by atoms with Crippen LogP contribution >= 0.6 is 0 Å². The molecule has 1 fully saturated rings. The largest absolute Gasteiger partial charge is 0.310 e. The zero-order chi connectivity index (χ0) is 8.97. The number of hydrogen-bond donors (Lipinski definition) is 1. The van der Waals surface area contributed by atoms with Gasteiger partial charge in [-0.3, -0.25) is 0 Å². The van der Waals surface area contributed by atoms with E-state index < -0.39 is 0 Å². The van der Waals surface area contributed by atoms with E-state index in [0.717, 1.165) is 12.8 Å². The fraction of sp³-hybridized carbons (Fsp3) is 0.900. The molecule has 2 heteroatoms. The second-order valence-electron chi connectivity index (χ2n) is 3.75. The third-order valence-electron chi connectivity index (χ3n) is 2.79. The lowest BCUT2D eigenvalue weighted by atomic mass is 10.0. The molecule has 0 aromatic rings. The van der Waals surface area contributed by atoms with Crippen LogP contribution in [0.3, 0.4) is 0 Å². The summed E-state index contributed by atoms with van der Waals surface area (Å²) in [6.07, 6.45) is 4.63. The van der Waals surface area contributed by atoms with E-state index >= 15 is 0 Å². The van der Waals surface area contributed by atoms with Gasteiger partial charge in [-0.05, 0) is 26.2 Å². The monoisotopic (exact) mass is 166 g/mol. The van der Waals surface area contributed by atoms with Gasteiger partial charge in [-0.1, -0.05) is 13.3 Å². The molecule has 0 spiro atoms. The molecular formula is C10H18N2. The molecule has 1 aliphatic rings. The molecule has 0 unspecified atom stereocenters. The van der Waals surface area contributed by atoms with Crippen LogP contribution in [0.25, 0.3) is 0 Å². The topological polar surface area (TPSA) is 35.8 Å². The number of rotatable bonds is 3. The minimum Gasteiger partial charge on any atom is -0.310 e. The van der Waals surface area contributed by atoms with E-state index in [0.29, 0.717) is 12.1 Å². The predicted octanol–water partition coefficient (Wildman–Crippen LogP) is 2.07. The van der Waals surface area contributed by atoms with Crippen molar-refractivity contribution in [1.29, 1.82) is 5.26 Å². The molecule has 12 heavy (non-hydrogen) atoms. The zero-order valence-electron chi connectivity index (χ0n) is 8.01. The molecule has 0 aliphatic heterocycles. The summed E-state index contributed by atoms with van der Waals surface area (Å²) in [5.41, 5.74) is 0. The fourth-order valence-electron chi connectivity index (χ4n) is 1.80. The molecular weight excluding hydrogens is 148 g/mol. The van der Waals surface area contributed by atoms with Gasteiger partial charge in [0.2, 0.25) is 0 Å². The Kier molecular flexibility index (Phi) is 3.55. The normalized spacial score (nSPS) is 31.4. The van der Waals surface area contributed by atoms with Crippen molar-refractivity contribution in [3.63, 3.8) is 0 Å². The maximum atomic E-state index is 8.83. The van der Waals surface area contributed by atoms with Crippen LogP contribution in [0, 0.1) is 17.2 Å². The first-order valence-electron chi connectivity index (χ1n) is 4.93. The van der Waals surface area contributed by atoms with Crippen molar-refractivity contribution in [3.05, 3.63) is 0 Å². The lowest BCUT2D eigenvalue weighted by Crippen LogP contribution is -2.38. The number of hydrogen-bond acceptors (Lipinski definition) is 2. The van der Waals surface area contributed by atoms with Crippen LogP contribution in [0.15, 0.2) is 0 Å². The smallest absolute Gasteiger partial charge is 0.0672 e. The van der Waals surface area contributed by atoms with Gasteiger partial charge in [0.05, 0.1) is 12.0 Å². The molecule has 1 aliphatic carbocycles. The van der Waals surface area contributed by atoms with E-state index in [2.05, 4.69) is 25.2 Å². The fourth-order valence-corrected chi connectivity index (χ4v) is 1.80. The number of nitriles is 1. The lowest BCUT2D eigenvalue weighted by Gasteiger charge is -2.20. The van der Waals surface area contributed by atoms with Gasteiger partial charge < -0.3 is 5.32 Å². The maximum Gasteiger partial charge on any atom is 0.0672 e. The van der Waals surface area contributed by atoms with Crippen molar-refractivity contribution in [2.45, 2.75) is 51.6 Å². The summed E-state index contributed by atoms with van der Waals surface area (Å²) < 4.78 is 0. The summed E-state index contributed by atoms with van der Waals surface area (Å²) in [5.74, 6) is 0.263. The molecule has 68 valence electrons. The Morgan fingerprint density at radius 1 is 1.58 bits per heavy atom. The van der Waals surface area contributed by atoms with Crippen LogP contribution in [0.4, 0.5) is 0 Å². The predicted molar refractivity (Wildman–Crippen MR) is 49.6 cm³/mol. The number of nitrogens with zero attached hydrogens (tertiary/aromatic N) is 1. The summed E-state index contributed by atoms with van der Waals surface area (Å²) >= 11 is 0. The van der Waals surface area contributed by atoms with Crippen molar-refractivity contribution in [3.8, 4) is 6.07 Å². The summed E-state index contributed by atoms with van der Waals surface area (Å²) in [4.78, 5) is 0. The van der Waals surface area contributed by atoms with Crippen LogP contribution in [0.1, 0.15) is 39.5 Å². The minimum atomic E-state index is 0.263. The Hall–Kier alpha value is -0.550. The van der Waals surface area contributed by atoms with Crippen LogP contribution in [-0.4, -0.2) is 12.1 Å². The molecule has 1 rings (SSSR count). The Balaban J connectivity index is 2.36. The Morgan fingerprint density at radius 3 is 2.92 bits per heavy atom. The second-order valence-corrected chi connectivity index (χ2v) is 3.75. The van der Waals surface area contributed by atoms with E-state index in [4.69, 9.17) is 5.26 Å². The molecule has 0 aromatic heterocycles. The summed E-state index contributed by atoms with van der Waals surface area (Å²) in [7, 11) is 0. The third-order valence-corrected chi connectivity index (χ3v) is 2.79. The van der Waals surface area contributed by atoms with E-state index in [-0.39, 0.29) is 5.92 Å². The van der Waals surface area contributed by atoms with Crippen LogP contribution in [0.5, 0.6) is 0 Å². The Morgan fingerprint density at radius 2 is 2.33 bits per heavy atom. The molecule has 0 amide bonds. The van der Waals surface area contributed by atoms with Gasteiger partial charge in [0.1, 0.15) is 0 Å². The SMILES string of the molecule is CC[C@H](C)N[C@H]1CCC[C@@H]1C#N. The molecule has 2 nitrogen and oxygen atoms in total. The van der Waals surface area contributed by atoms with Crippen LogP contribution in [-0.2, 0) is 0 Å². The molecule has 0 radical (unpaired) electrons. The summed E-state index contributed by atoms with van der Waals surface area (Å²) in [6.45, 7) is 4.36. The highest BCUT2D eigenvalue weighted by Gasteiger charge is 2.27. The third kappa shape index (κ3) is 2.22. The van der Waals surface area contributed by atoms with Crippen molar-refractivity contribution in [2.24, 2.45) is 5.92 Å². The second kappa shape index (κ2) is 4.47. The molecule has 3 atom stereocenters. The number of nitrogens with one attached hydrogen (secondary N) is 1. The Labute approximate surface area is 75.0 Å². The van der Waals surface area contributed by atoms with E-state index in [1.165, 1.54) is 12.8 Å². The minimum absolute atomic E-state index is 0.263. The van der Waals surface area contributed by atoms with Gasteiger partial charge in [0.25, 0.3) is 0 Å². The molecule has 0 aromatic carbocycles. The average molecular weight is 166 g/mol. The molecule has 0 bridgehead atoms. The highest BCUT2D eigenvalue weighted by atomic mass is 15.0. The summed E-state index contributed by atoms with van der Waals surface area (Å²) in [6, 6.07) is 3.40. The quantitative estimate of drug-likeness (QED) is 0.696. The highest BCUT2D eigenvalue weighted by Crippen LogP contribution is 2.25. The van der Waals surface area contributed by atoms with Crippen molar-refractivity contribution < 1.29 is 0 Å². The van der Waals surface area contributed by atoms with Crippen LogP contribution in [0.2, 0.25) is 0 Å². The Bertz CT molecular complexity index is 171. The highest BCUT2D eigenvalue weighted by molar-refractivity contribution is 4.96. The van der Waals surface area contributed by atoms with Crippen molar-refractivity contribution in [2.75, 3.05) is 0 Å². The van der Waals surface area contributed by atoms with Gasteiger partial charge >= 0.3 is 0 Å². The van der Waals surface area contributed by atoms with Gasteiger partial charge in [-0.2, -0.15) is 5.26 Å². The van der Waals surface area contributed by atoms with Gasteiger partial charge in [-0.25, -0.2) is 0 Å². The van der Waals surface area contributed by atoms with Gasteiger partial charge in [0, 0.05) is 12.1 Å². The average Bonchev–Trinajstić information content (AvgIpc) is 2.51. The van der Waals surface area contributed by atoms with Gasteiger partial charge in [-0.15, -0.1) is 0 Å². The van der Waals surface area contributed by atoms with E-state index in [1.54, 1.807) is 0 Å². The first-order valence-corrected chi connectivity index (χ1v) is 4.93. The molecule has 0 heterocycles. The van der Waals surface area contributed by atoms with Gasteiger partial charge in [0.15, 0.2) is 0 Å². The molecule has 1 N–H and O–H groups in total. The van der Waals surface area contributed by atoms with Crippen molar-refractivity contribution >= 4 is 0 Å². The van der Waals surface area contributed by atoms with E-state index in [9.17, 15) is 0 Å². The standard InChI is InChI=1S/C10H18N2/c1-3-8(2)12-10-6-4-5-9(10)7-11/h8-10,12H,3-6H2,1-2H3/t8-,9+,10-/m0/s1. The maximum absolute atomic E-state index is 8.83. The molecule has 0 saturated heterocycles. The van der Waals surface area contributed by atoms with Crippen LogP contribution < -0.4 is 5.32 Å². The summed E-state index contributed by atoms with van der Waals surface area (Å²) in [5, 5.41) is 12.3. The first kappa shape index (κ1) is 9.54. The van der Waals surface area contributed by atoms with Crippen molar-refractivity contribution in [1.82, 2.24) is 5.32 Å². The molecule has 1 saturated carbocycles. The van der Waals surface area contributed by atoms with E-state index in [1.807, 2.05) is 0 Å². The first-order chi connectivity index (χ1) is 5.77. The lowest BCUT2D eigenvalue weighted by molar-refractivity contribution is 0.404. The zero-order valence-corrected chi connectivity index (χ0v) is 8.01.